The Morgan fingerprint density at radius 1 is 1.17 bits per heavy atom. The number of nitrogens with zero attached hydrogens (tertiary/aromatic N) is 3. The van der Waals surface area contributed by atoms with E-state index >= 15 is 0 Å². The van der Waals surface area contributed by atoms with Gasteiger partial charge in [0.1, 0.15) is 0 Å². The molecule has 0 atom stereocenters. The summed E-state index contributed by atoms with van der Waals surface area (Å²) in [6.07, 6.45) is 2.95. The largest absolute Gasteiger partial charge is 0.294 e. The van der Waals surface area contributed by atoms with Crippen LogP contribution < -0.4 is 0 Å². The van der Waals surface area contributed by atoms with Gasteiger partial charge in [-0.15, -0.1) is 0 Å². The van der Waals surface area contributed by atoms with Gasteiger partial charge >= 0.3 is 0 Å². The van der Waals surface area contributed by atoms with Gasteiger partial charge in [0.15, 0.2) is 5.82 Å². The molecule has 0 fully saturated rings. The summed E-state index contributed by atoms with van der Waals surface area (Å²) in [5, 5.41) is 5.08. The molecule has 0 aliphatic carbocycles. The van der Waals surface area contributed by atoms with E-state index in [1.54, 1.807) is 11.3 Å². The van der Waals surface area contributed by atoms with Crippen LogP contribution in [0.25, 0.3) is 11.4 Å². The first-order valence-corrected chi connectivity index (χ1v) is 8.94. The Kier molecular flexibility index (Phi) is 4.12. The maximum absolute atomic E-state index is 5.94. The van der Waals surface area contributed by atoms with E-state index in [0.717, 1.165) is 42.5 Å². The number of hydrogen-bond donors (Lipinski definition) is 0. The van der Waals surface area contributed by atoms with Gasteiger partial charge in [-0.3, -0.25) is 4.90 Å². The summed E-state index contributed by atoms with van der Waals surface area (Å²) in [7, 11) is 0. The first-order valence-electron chi connectivity index (χ1n) is 7.62. The standard InChI is InChI=1S/C18H16ClN3S/c19-16-3-1-14(2-4-16)18-20-9-15-11-22(7-5-17(15)21-18)10-13-6-8-23-12-13/h1-4,6,8-9,12H,5,7,10-11H2. The van der Waals surface area contributed by atoms with E-state index in [9.17, 15) is 0 Å². The first kappa shape index (κ1) is 14.8. The van der Waals surface area contributed by atoms with Crippen LogP contribution in [-0.2, 0) is 19.5 Å². The van der Waals surface area contributed by atoms with Gasteiger partial charge < -0.3 is 0 Å². The van der Waals surface area contributed by atoms with E-state index in [4.69, 9.17) is 16.6 Å². The van der Waals surface area contributed by atoms with E-state index in [-0.39, 0.29) is 0 Å². The minimum atomic E-state index is 0.732. The Labute approximate surface area is 144 Å². The molecule has 3 heterocycles. The van der Waals surface area contributed by atoms with Gasteiger partial charge in [0, 0.05) is 48.4 Å². The number of fused-ring (bicyclic) bond motifs is 1. The highest BCUT2D eigenvalue weighted by Gasteiger charge is 2.19. The van der Waals surface area contributed by atoms with Crippen LogP contribution >= 0.6 is 22.9 Å². The molecule has 4 rings (SSSR count). The lowest BCUT2D eigenvalue weighted by Crippen LogP contribution is -2.30. The zero-order valence-corrected chi connectivity index (χ0v) is 14.1. The van der Waals surface area contributed by atoms with Gasteiger partial charge in [-0.05, 0) is 46.7 Å². The van der Waals surface area contributed by atoms with Crippen molar-refractivity contribution in [1.82, 2.24) is 14.9 Å². The molecule has 1 aliphatic rings. The van der Waals surface area contributed by atoms with E-state index in [1.807, 2.05) is 30.5 Å². The van der Waals surface area contributed by atoms with E-state index in [2.05, 4.69) is 26.7 Å². The van der Waals surface area contributed by atoms with Crippen molar-refractivity contribution < 1.29 is 0 Å². The Bertz CT molecular complexity index is 800. The molecule has 0 saturated heterocycles. The topological polar surface area (TPSA) is 29.0 Å². The summed E-state index contributed by atoms with van der Waals surface area (Å²) in [6, 6.07) is 9.89. The highest BCUT2D eigenvalue weighted by molar-refractivity contribution is 7.07. The fraction of sp³-hybridized carbons (Fsp3) is 0.222. The molecule has 0 N–H and O–H groups in total. The Balaban J connectivity index is 1.53. The smallest absolute Gasteiger partial charge is 0.159 e. The SMILES string of the molecule is Clc1ccc(-c2ncc3c(n2)CCN(Cc2ccsc2)C3)cc1. The second-order valence-corrected chi connectivity index (χ2v) is 6.98. The summed E-state index contributed by atoms with van der Waals surface area (Å²) < 4.78 is 0. The van der Waals surface area contributed by atoms with Crippen LogP contribution in [0.5, 0.6) is 0 Å². The number of halogens is 1. The zero-order valence-electron chi connectivity index (χ0n) is 12.6. The van der Waals surface area contributed by atoms with Crippen molar-refractivity contribution in [3.05, 3.63) is 69.1 Å². The normalized spacial score (nSPS) is 14.7. The molecule has 1 aliphatic heterocycles. The average Bonchev–Trinajstić information content (AvgIpc) is 3.08. The van der Waals surface area contributed by atoms with Crippen molar-refractivity contribution in [1.29, 1.82) is 0 Å². The van der Waals surface area contributed by atoms with Gasteiger partial charge in [-0.1, -0.05) is 11.6 Å². The number of benzene rings is 1. The monoisotopic (exact) mass is 341 g/mol. The third-order valence-corrected chi connectivity index (χ3v) is 5.09. The molecule has 2 aromatic heterocycles. The van der Waals surface area contributed by atoms with Crippen molar-refractivity contribution in [3.8, 4) is 11.4 Å². The molecule has 23 heavy (non-hydrogen) atoms. The van der Waals surface area contributed by atoms with Gasteiger partial charge in [-0.2, -0.15) is 11.3 Å². The number of thiophene rings is 1. The predicted octanol–water partition coefficient (Wildman–Crippen LogP) is 4.42. The minimum absolute atomic E-state index is 0.732. The van der Waals surface area contributed by atoms with Crippen LogP contribution in [0.2, 0.25) is 5.02 Å². The maximum Gasteiger partial charge on any atom is 0.159 e. The molecule has 0 bridgehead atoms. The lowest BCUT2D eigenvalue weighted by molar-refractivity contribution is 0.243. The minimum Gasteiger partial charge on any atom is -0.294 e. The van der Waals surface area contributed by atoms with Gasteiger partial charge in [0.05, 0.1) is 5.69 Å². The van der Waals surface area contributed by atoms with Crippen LogP contribution in [-0.4, -0.2) is 21.4 Å². The lowest BCUT2D eigenvalue weighted by Gasteiger charge is -2.27. The summed E-state index contributed by atoms with van der Waals surface area (Å²) in [4.78, 5) is 11.8. The molecule has 0 spiro atoms. The molecule has 5 heteroatoms. The van der Waals surface area contributed by atoms with Crippen molar-refractivity contribution in [2.75, 3.05) is 6.54 Å². The molecule has 3 aromatic rings. The molecule has 116 valence electrons. The van der Waals surface area contributed by atoms with E-state index < -0.39 is 0 Å². The molecular formula is C18H16ClN3S. The maximum atomic E-state index is 5.94. The number of rotatable bonds is 3. The number of aromatic nitrogens is 2. The van der Waals surface area contributed by atoms with Gasteiger partial charge in [0.2, 0.25) is 0 Å². The van der Waals surface area contributed by atoms with E-state index in [0.29, 0.717) is 0 Å². The molecule has 0 saturated carbocycles. The molecular weight excluding hydrogens is 326 g/mol. The summed E-state index contributed by atoms with van der Waals surface area (Å²) in [5.74, 6) is 0.784. The van der Waals surface area contributed by atoms with Crippen LogP contribution in [0.4, 0.5) is 0 Å². The molecule has 0 radical (unpaired) electrons. The van der Waals surface area contributed by atoms with Crippen LogP contribution in [0.3, 0.4) is 0 Å². The fourth-order valence-corrected chi connectivity index (χ4v) is 3.67. The zero-order chi connectivity index (χ0) is 15.6. The van der Waals surface area contributed by atoms with Crippen molar-refractivity contribution in [2.45, 2.75) is 19.5 Å². The van der Waals surface area contributed by atoms with Crippen molar-refractivity contribution >= 4 is 22.9 Å². The van der Waals surface area contributed by atoms with E-state index in [1.165, 1.54) is 16.8 Å². The Morgan fingerprint density at radius 2 is 2.04 bits per heavy atom. The average molecular weight is 342 g/mol. The molecule has 0 unspecified atom stereocenters. The summed E-state index contributed by atoms with van der Waals surface area (Å²) in [5.41, 5.74) is 4.81. The third-order valence-electron chi connectivity index (χ3n) is 4.10. The second-order valence-electron chi connectivity index (χ2n) is 5.76. The van der Waals surface area contributed by atoms with Crippen LogP contribution in [0.15, 0.2) is 47.3 Å². The van der Waals surface area contributed by atoms with Crippen molar-refractivity contribution in [2.24, 2.45) is 0 Å². The predicted molar refractivity (Wildman–Crippen MR) is 94.6 cm³/mol. The molecule has 0 amide bonds. The first-order chi connectivity index (χ1) is 11.3. The van der Waals surface area contributed by atoms with Crippen LogP contribution in [0.1, 0.15) is 16.8 Å². The molecule has 1 aromatic carbocycles. The summed E-state index contributed by atoms with van der Waals surface area (Å²) in [6.45, 7) is 2.97. The third kappa shape index (κ3) is 3.29. The number of hydrogen-bond acceptors (Lipinski definition) is 4. The molecule has 3 nitrogen and oxygen atoms in total. The highest BCUT2D eigenvalue weighted by atomic mass is 35.5. The second kappa shape index (κ2) is 6.40. The Hall–Kier alpha value is -1.75. The van der Waals surface area contributed by atoms with Gasteiger partial charge in [-0.25, -0.2) is 9.97 Å². The van der Waals surface area contributed by atoms with Gasteiger partial charge in [0.25, 0.3) is 0 Å². The van der Waals surface area contributed by atoms with Crippen LogP contribution in [0, 0.1) is 0 Å². The summed E-state index contributed by atoms with van der Waals surface area (Å²) >= 11 is 7.70. The van der Waals surface area contributed by atoms with Crippen molar-refractivity contribution in [3.63, 3.8) is 0 Å². The fourth-order valence-electron chi connectivity index (χ4n) is 2.89. The Morgan fingerprint density at radius 3 is 2.83 bits per heavy atom. The quantitative estimate of drug-likeness (QED) is 0.706. The lowest BCUT2D eigenvalue weighted by atomic mass is 10.1. The highest BCUT2D eigenvalue weighted by Crippen LogP contribution is 2.23.